The highest BCUT2D eigenvalue weighted by molar-refractivity contribution is 5.27. The van der Waals surface area contributed by atoms with Gasteiger partial charge >= 0.3 is 0 Å². The lowest BCUT2D eigenvalue weighted by Crippen LogP contribution is -2.29. The second-order valence-electron chi connectivity index (χ2n) is 6.39. The third-order valence-electron chi connectivity index (χ3n) is 4.68. The number of rotatable bonds is 9. The van der Waals surface area contributed by atoms with Gasteiger partial charge in [0, 0.05) is 17.8 Å². The number of hydrogen-bond donors (Lipinski definition) is 0. The third kappa shape index (κ3) is 4.43. The maximum atomic E-state index is 4.41. The van der Waals surface area contributed by atoms with E-state index in [2.05, 4.69) is 67.5 Å². The number of nitrogens with zero attached hydrogens (tertiary/aromatic N) is 1. The molecular formula is C21H29N. The van der Waals surface area contributed by atoms with E-state index in [9.17, 15) is 0 Å². The Morgan fingerprint density at radius 2 is 1.55 bits per heavy atom. The van der Waals surface area contributed by atoms with Crippen molar-refractivity contribution in [2.75, 3.05) is 0 Å². The van der Waals surface area contributed by atoms with Gasteiger partial charge in [-0.2, -0.15) is 0 Å². The van der Waals surface area contributed by atoms with Crippen LogP contribution in [0, 0.1) is 0 Å². The molecule has 1 nitrogen and oxygen atoms in total. The fraction of sp³-hybridized carbons (Fsp3) is 0.476. The number of unbranched alkanes of at least 4 members (excludes halogenated alkanes) is 2. The molecule has 0 unspecified atom stereocenters. The van der Waals surface area contributed by atoms with Gasteiger partial charge in [0.05, 0.1) is 0 Å². The second-order valence-corrected chi connectivity index (χ2v) is 6.39. The first-order chi connectivity index (χ1) is 10.8. The van der Waals surface area contributed by atoms with E-state index in [0.717, 1.165) is 6.42 Å². The Hall–Kier alpha value is -1.63. The van der Waals surface area contributed by atoms with E-state index in [1.807, 2.05) is 6.20 Å². The van der Waals surface area contributed by atoms with Gasteiger partial charge in [0.25, 0.3) is 0 Å². The molecule has 1 heteroatoms. The summed E-state index contributed by atoms with van der Waals surface area (Å²) >= 11 is 0. The fourth-order valence-corrected chi connectivity index (χ4v) is 3.39. The summed E-state index contributed by atoms with van der Waals surface area (Å²) in [6, 6.07) is 15.3. The van der Waals surface area contributed by atoms with Crippen molar-refractivity contribution < 1.29 is 0 Å². The van der Waals surface area contributed by atoms with Crippen molar-refractivity contribution in [3.8, 4) is 0 Å². The molecule has 0 aliphatic carbocycles. The maximum Gasteiger partial charge on any atom is 0.0305 e. The highest BCUT2D eigenvalue weighted by Gasteiger charge is 2.31. The minimum atomic E-state index is 0.238. The third-order valence-corrected chi connectivity index (χ3v) is 4.68. The average molecular weight is 295 g/mol. The Labute approximate surface area is 135 Å². The first-order valence-corrected chi connectivity index (χ1v) is 8.75. The number of aromatic nitrogens is 1. The van der Waals surface area contributed by atoms with Crippen LogP contribution in [0.3, 0.4) is 0 Å². The molecule has 1 aromatic heterocycles. The fourth-order valence-electron chi connectivity index (χ4n) is 3.39. The van der Waals surface area contributed by atoms with Crippen LogP contribution in [0.2, 0.25) is 0 Å². The Bertz CT molecular complexity index is 510. The summed E-state index contributed by atoms with van der Waals surface area (Å²) in [5.41, 5.74) is 3.10. The van der Waals surface area contributed by atoms with Gasteiger partial charge in [-0.1, -0.05) is 75.9 Å². The molecule has 0 bridgehead atoms. The summed E-state index contributed by atoms with van der Waals surface area (Å²) in [6.45, 7) is 4.58. The second kappa shape index (κ2) is 8.73. The zero-order valence-corrected chi connectivity index (χ0v) is 14.1. The van der Waals surface area contributed by atoms with Crippen molar-refractivity contribution in [2.24, 2.45) is 0 Å². The van der Waals surface area contributed by atoms with E-state index in [1.54, 1.807) is 0 Å². The molecule has 118 valence electrons. The summed E-state index contributed by atoms with van der Waals surface area (Å²) in [7, 11) is 0. The molecule has 0 amide bonds. The van der Waals surface area contributed by atoms with Gasteiger partial charge in [-0.05, 0) is 36.5 Å². The zero-order chi connectivity index (χ0) is 15.7. The predicted octanol–water partition coefficient (Wildman–Crippen LogP) is 5.94. The molecule has 22 heavy (non-hydrogen) atoms. The Morgan fingerprint density at radius 3 is 2.09 bits per heavy atom. The molecule has 0 atom stereocenters. The van der Waals surface area contributed by atoms with E-state index in [4.69, 9.17) is 0 Å². The molecule has 0 saturated heterocycles. The van der Waals surface area contributed by atoms with Crippen molar-refractivity contribution in [3.63, 3.8) is 0 Å². The van der Waals surface area contributed by atoms with Crippen molar-refractivity contribution >= 4 is 0 Å². The van der Waals surface area contributed by atoms with Crippen LogP contribution in [0.5, 0.6) is 0 Å². The van der Waals surface area contributed by atoms with Crippen molar-refractivity contribution in [1.29, 1.82) is 0 Å². The van der Waals surface area contributed by atoms with Gasteiger partial charge in [0.2, 0.25) is 0 Å². The van der Waals surface area contributed by atoms with E-state index >= 15 is 0 Å². The molecule has 0 radical (unpaired) electrons. The van der Waals surface area contributed by atoms with E-state index in [1.165, 1.54) is 49.7 Å². The highest BCUT2D eigenvalue weighted by atomic mass is 14.6. The van der Waals surface area contributed by atoms with Crippen LogP contribution in [0.25, 0.3) is 0 Å². The molecule has 1 heterocycles. The van der Waals surface area contributed by atoms with Gasteiger partial charge in [-0.15, -0.1) is 0 Å². The number of hydrogen-bond acceptors (Lipinski definition) is 1. The monoisotopic (exact) mass is 295 g/mol. The van der Waals surface area contributed by atoms with Crippen LogP contribution >= 0.6 is 0 Å². The van der Waals surface area contributed by atoms with Crippen LogP contribution in [0.1, 0.15) is 63.5 Å². The van der Waals surface area contributed by atoms with Crippen molar-refractivity contribution in [3.05, 3.63) is 66.0 Å². The zero-order valence-electron chi connectivity index (χ0n) is 14.1. The first-order valence-electron chi connectivity index (χ1n) is 8.75. The summed E-state index contributed by atoms with van der Waals surface area (Å²) < 4.78 is 0. The molecule has 0 fully saturated rings. The van der Waals surface area contributed by atoms with Crippen molar-refractivity contribution in [1.82, 2.24) is 4.98 Å². The van der Waals surface area contributed by atoms with Gasteiger partial charge in [0.15, 0.2) is 0 Å². The predicted molar refractivity (Wildman–Crippen MR) is 95.1 cm³/mol. The molecule has 1 aromatic carbocycles. The maximum absolute atomic E-state index is 4.41. The number of benzene rings is 1. The van der Waals surface area contributed by atoms with E-state index < -0.39 is 0 Å². The van der Waals surface area contributed by atoms with Crippen LogP contribution in [-0.4, -0.2) is 4.98 Å². The molecule has 0 spiro atoms. The lowest BCUT2D eigenvalue weighted by Gasteiger charge is -2.35. The summed E-state index contributed by atoms with van der Waals surface area (Å²) in [5.74, 6) is 0. The Morgan fingerprint density at radius 1 is 0.864 bits per heavy atom. The molecule has 0 aliphatic rings. The molecule has 0 aliphatic heterocycles. The van der Waals surface area contributed by atoms with Gasteiger partial charge in [0.1, 0.15) is 0 Å². The summed E-state index contributed by atoms with van der Waals surface area (Å²) in [4.78, 5) is 4.41. The van der Waals surface area contributed by atoms with Gasteiger partial charge in [-0.3, -0.25) is 4.98 Å². The minimum absolute atomic E-state index is 0.238. The van der Waals surface area contributed by atoms with Crippen molar-refractivity contribution in [2.45, 2.75) is 64.2 Å². The molecule has 0 N–H and O–H groups in total. The summed E-state index contributed by atoms with van der Waals surface area (Å²) in [6.07, 6.45) is 12.7. The smallest absolute Gasteiger partial charge is 0.0305 e. The SMILES string of the molecule is CCCCC(CCCC)(Cc1ccccc1)c1cccnc1. The normalized spacial score (nSPS) is 11.5. The van der Waals surface area contributed by atoms with E-state index in [-0.39, 0.29) is 5.41 Å². The summed E-state index contributed by atoms with van der Waals surface area (Å²) in [5, 5.41) is 0. The highest BCUT2D eigenvalue weighted by Crippen LogP contribution is 2.38. The topological polar surface area (TPSA) is 12.9 Å². The van der Waals surface area contributed by atoms with Crippen LogP contribution < -0.4 is 0 Å². The Balaban J connectivity index is 2.34. The molecule has 0 saturated carbocycles. The van der Waals surface area contributed by atoms with Crippen LogP contribution in [0.15, 0.2) is 54.9 Å². The quantitative estimate of drug-likeness (QED) is 0.557. The lowest BCUT2D eigenvalue weighted by molar-refractivity contribution is 0.337. The standard InChI is InChI=1S/C21H29N/c1-3-5-14-21(15-6-4-2,20-13-10-16-22-18-20)17-19-11-8-7-9-12-19/h7-13,16,18H,3-6,14-15,17H2,1-2H3. The molecule has 2 rings (SSSR count). The number of pyridine rings is 1. The Kier molecular flexibility index (Phi) is 6.64. The first kappa shape index (κ1) is 16.7. The van der Waals surface area contributed by atoms with Crippen LogP contribution in [0.4, 0.5) is 0 Å². The van der Waals surface area contributed by atoms with Gasteiger partial charge in [-0.25, -0.2) is 0 Å². The van der Waals surface area contributed by atoms with E-state index in [0.29, 0.717) is 0 Å². The van der Waals surface area contributed by atoms with Gasteiger partial charge < -0.3 is 0 Å². The largest absolute Gasteiger partial charge is 0.264 e. The minimum Gasteiger partial charge on any atom is -0.264 e. The molecular weight excluding hydrogens is 266 g/mol. The molecule has 2 aromatic rings. The average Bonchev–Trinajstić information content (AvgIpc) is 2.59. The van der Waals surface area contributed by atoms with Crippen LogP contribution in [-0.2, 0) is 11.8 Å². The lowest BCUT2D eigenvalue weighted by atomic mass is 9.69.